The van der Waals surface area contributed by atoms with Crippen LogP contribution in [-0.2, 0) is 11.2 Å². The van der Waals surface area contributed by atoms with E-state index in [9.17, 15) is 4.79 Å². The lowest BCUT2D eigenvalue weighted by Crippen LogP contribution is -2.40. The van der Waals surface area contributed by atoms with E-state index >= 15 is 0 Å². The van der Waals surface area contributed by atoms with E-state index in [1.807, 2.05) is 0 Å². The third-order valence-electron chi connectivity index (χ3n) is 6.39. The number of nitrogens with one attached hydrogen (secondary N) is 1. The Hall–Kier alpha value is -1.51. The number of nitrogens with zero attached hydrogens (tertiary/aromatic N) is 1. The Balaban J connectivity index is 1.38. The monoisotopic (exact) mass is 414 g/mol. The molecule has 1 amide bonds. The van der Waals surface area contributed by atoms with E-state index in [-0.39, 0.29) is 5.91 Å². The third kappa shape index (κ3) is 10.5. The van der Waals surface area contributed by atoms with Crippen molar-refractivity contribution in [1.82, 2.24) is 5.32 Å². The standard InChI is InChI=1S/C27H46N2O/c1-2-3-4-5-6-7-8-9-10-11-12-13-14-17-22-28-27(30)24-29-23-18-20-25-19-15-16-21-26(25)29/h15-16,19,21H,2-14,17-18,20,22-24H2,1H3,(H,28,30). The highest BCUT2D eigenvalue weighted by Crippen LogP contribution is 2.26. The summed E-state index contributed by atoms with van der Waals surface area (Å²) in [5.74, 6) is 0.168. The molecule has 1 N–H and O–H groups in total. The zero-order valence-electron chi connectivity index (χ0n) is 19.6. The minimum Gasteiger partial charge on any atom is -0.362 e. The molecule has 0 saturated heterocycles. The molecular formula is C27H46N2O. The second kappa shape index (κ2) is 16.2. The van der Waals surface area contributed by atoms with Crippen molar-refractivity contribution in [3.05, 3.63) is 29.8 Å². The summed E-state index contributed by atoms with van der Waals surface area (Å²) in [4.78, 5) is 14.5. The molecule has 3 heteroatoms. The lowest BCUT2D eigenvalue weighted by atomic mass is 10.0. The lowest BCUT2D eigenvalue weighted by Gasteiger charge is -2.30. The fraction of sp³-hybridized carbons (Fsp3) is 0.741. The van der Waals surface area contributed by atoms with Crippen LogP contribution in [0.4, 0.5) is 5.69 Å². The summed E-state index contributed by atoms with van der Waals surface area (Å²) in [5, 5.41) is 3.12. The van der Waals surface area contributed by atoms with Crippen LogP contribution >= 0.6 is 0 Å². The summed E-state index contributed by atoms with van der Waals surface area (Å²) in [6, 6.07) is 8.51. The van der Waals surface area contributed by atoms with Crippen molar-refractivity contribution in [2.45, 2.75) is 110 Å². The average molecular weight is 415 g/mol. The summed E-state index contributed by atoms with van der Waals surface area (Å²) >= 11 is 0. The van der Waals surface area contributed by atoms with Gasteiger partial charge in [-0.15, -0.1) is 0 Å². The summed E-state index contributed by atoms with van der Waals surface area (Å²) in [5.41, 5.74) is 2.62. The molecule has 0 saturated carbocycles. The van der Waals surface area contributed by atoms with E-state index < -0.39 is 0 Å². The first-order chi connectivity index (χ1) is 14.8. The third-order valence-corrected chi connectivity index (χ3v) is 6.39. The predicted octanol–water partition coefficient (Wildman–Crippen LogP) is 7.04. The quantitative estimate of drug-likeness (QED) is 0.277. The second-order valence-electron chi connectivity index (χ2n) is 9.10. The molecular weight excluding hydrogens is 368 g/mol. The molecule has 30 heavy (non-hydrogen) atoms. The van der Waals surface area contributed by atoms with Crippen LogP contribution in [0.1, 0.15) is 109 Å². The first kappa shape index (κ1) is 24.8. The number of unbranched alkanes of at least 4 members (excludes halogenated alkanes) is 13. The Labute approximate surface area is 186 Å². The summed E-state index contributed by atoms with van der Waals surface area (Å²) < 4.78 is 0. The van der Waals surface area contributed by atoms with E-state index in [0.717, 1.165) is 32.4 Å². The van der Waals surface area contributed by atoms with Crippen molar-refractivity contribution >= 4 is 11.6 Å². The molecule has 1 aliphatic rings. The molecule has 0 atom stereocenters. The van der Waals surface area contributed by atoms with Gasteiger partial charge in [-0.2, -0.15) is 0 Å². The molecule has 0 unspecified atom stereocenters. The molecule has 0 aromatic heterocycles. The van der Waals surface area contributed by atoms with Crippen LogP contribution < -0.4 is 10.2 Å². The van der Waals surface area contributed by atoms with Crippen LogP contribution in [0.2, 0.25) is 0 Å². The van der Waals surface area contributed by atoms with Crippen molar-refractivity contribution in [3.8, 4) is 0 Å². The van der Waals surface area contributed by atoms with Crippen molar-refractivity contribution in [2.24, 2.45) is 0 Å². The molecule has 0 spiro atoms. The number of rotatable bonds is 17. The Bertz CT molecular complexity index is 572. The van der Waals surface area contributed by atoms with Crippen LogP contribution in [0.25, 0.3) is 0 Å². The molecule has 0 aliphatic carbocycles. The maximum absolute atomic E-state index is 12.3. The number of hydrogen-bond acceptors (Lipinski definition) is 2. The average Bonchev–Trinajstić information content (AvgIpc) is 2.76. The number of fused-ring (bicyclic) bond motifs is 1. The summed E-state index contributed by atoms with van der Waals surface area (Å²) in [6.45, 7) is 4.59. The number of carbonyl (C=O) groups is 1. The van der Waals surface area contributed by atoms with E-state index in [4.69, 9.17) is 0 Å². The molecule has 1 aromatic carbocycles. The van der Waals surface area contributed by atoms with Gasteiger partial charge in [0.2, 0.25) is 5.91 Å². The minimum atomic E-state index is 0.168. The van der Waals surface area contributed by atoms with Crippen LogP contribution in [-0.4, -0.2) is 25.5 Å². The number of anilines is 1. The maximum atomic E-state index is 12.3. The van der Waals surface area contributed by atoms with Crippen molar-refractivity contribution < 1.29 is 4.79 Å². The molecule has 3 nitrogen and oxygen atoms in total. The number of amides is 1. The molecule has 1 heterocycles. The number of para-hydroxylation sites is 1. The van der Waals surface area contributed by atoms with E-state index in [2.05, 4.69) is 41.4 Å². The van der Waals surface area contributed by atoms with Crippen molar-refractivity contribution in [3.63, 3.8) is 0 Å². The van der Waals surface area contributed by atoms with Crippen LogP contribution in [0, 0.1) is 0 Å². The van der Waals surface area contributed by atoms with Gasteiger partial charge in [0.15, 0.2) is 0 Å². The molecule has 1 aliphatic heterocycles. The molecule has 0 fully saturated rings. The predicted molar refractivity (Wildman–Crippen MR) is 130 cm³/mol. The molecule has 0 bridgehead atoms. The zero-order valence-corrected chi connectivity index (χ0v) is 19.6. The zero-order chi connectivity index (χ0) is 21.3. The van der Waals surface area contributed by atoms with Crippen LogP contribution in [0.3, 0.4) is 0 Å². The van der Waals surface area contributed by atoms with Crippen LogP contribution in [0.5, 0.6) is 0 Å². The fourth-order valence-electron chi connectivity index (χ4n) is 4.55. The fourth-order valence-corrected chi connectivity index (χ4v) is 4.55. The van der Waals surface area contributed by atoms with E-state index in [0.29, 0.717) is 6.54 Å². The Morgan fingerprint density at radius 3 is 2.03 bits per heavy atom. The molecule has 170 valence electrons. The normalized spacial score (nSPS) is 13.3. The van der Waals surface area contributed by atoms with Gasteiger partial charge in [0.25, 0.3) is 0 Å². The second-order valence-corrected chi connectivity index (χ2v) is 9.10. The highest BCUT2D eigenvalue weighted by molar-refractivity contribution is 5.81. The number of aryl methyl sites for hydroxylation is 1. The van der Waals surface area contributed by atoms with Crippen molar-refractivity contribution in [2.75, 3.05) is 24.5 Å². The largest absolute Gasteiger partial charge is 0.362 e. The Morgan fingerprint density at radius 2 is 1.40 bits per heavy atom. The highest BCUT2D eigenvalue weighted by atomic mass is 16.2. The topological polar surface area (TPSA) is 32.3 Å². The highest BCUT2D eigenvalue weighted by Gasteiger charge is 2.18. The van der Waals surface area contributed by atoms with E-state index in [1.54, 1.807) is 0 Å². The maximum Gasteiger partial charge on any atom is 0.239 e. The smallest absolute Gasteiger partial charge is 0.239 e. The van der Waals surface area contributed by atoms with Gasteiger partial charge in [-0.3, -0.25) is 4.79 Å². The van der Waals surface area contributed by atoms with Gasteiger partial charge in [-0.05, 0) is 30.9 Å². The molecule has 1 aromatic rings. The summed E-state index contributed by atoms with van der Waals surface area (Å²) in [7, 11) is 0. The van der Waals surface area contributed by atoms with Gasteiger partial charge in [0, 0.05) is 18.8 Å². The van der Waals surface area contributed by atoms with Crippen molar-refractivity contribution in [1.29, 1.82) is 0 Å². The van der Waals surface area contributed by atoms with Gasteiger partial charge < -0.3 is 10.2 Å². The minimum absolute atomic E-state index is 0.168. The summed E-state index contributed by atoms with van der Waals surface area (Å²) in [6.07, 6.45) is 21.4. The lowest BCUT2D eigenvalue weighted by molar-refractivity contribution is -0.119. The first-order valence-corrected chi connectivity index (χ1v) is 12.9. The molecule has 2 rings (SSSR count). The van der Waals surface area contributed by atoms with Gasteiger partial charge in [0.05, 0.1) is 6.54 Å². The van der Waals surface area contributed by atoms with E-state index in [1.165, 1.54) is 94.7 Å². The molecule has 0 radical (unpaired) electrons. The van der Waals surface area contributed by atoms with Gasteiger partial charge in [-0.25, -0.2) is 0 Å². The first-order valence-electron chi connectivity index (χ1n) is 12.9. The van der Waals surface area contributed by atoms with Gasteiger partial charge >= 0.3 is 0 Å². The Morgan fingerprint density at radius 1 is 0.833 bits per heavy atom. The Kier molecular flexibility index (Phi) is 13.4. The number of carbonyl (C=O) groups excluding carboxylic acids is 1. The SMILES string of the molecule is CCCCCCCCCCCCCCCCNC(=O)CN1CCCc2ccccc21. The van der Waals surface area contributed by atoms with Gasteiger partial charge in [0.1, 0.15) is 0 Å². The van der Waals surface area contributed by atoms with Crippen LogP contribution in [0.15, 0.2) is 24.3 Å². The number of hydrogen-bond donors (Lipinski definition) is 1. The van der Waals surface area contributed by atoms with Gasteiger partial charge in [-0.1, -0.05) is 109 Å². The number of benzene rings is 1.